The highest BCUT2D eigenvalue weighted by Gasteiger charge is 2.24. The number of hydrogen-bond acceptors (Lipinski definition) is 1. The van der Waals surface area contributed by atoms with Crippen LogP contribution in [0.15, 0.2) is 30.5 Å². The van der Waals surface area contributed by atoms with E-state index in [4.69, 9.17) is 0 Å². The highest BCUT2D eigenvalue weighted by Crippen LogP contribution is 2.33. The molecule has 18 heavy (non-hydrogen) atoms. The van der Waals surface area contributed by atoms with E-state index in [1.165, 1.54) is 12.8 Å². The second-order valence-electron chi connectivity index (χ2n) is 5.30. The lowest BCUT2D eigenvalue weighted by atomic mass is 10.1. The summed E-state index contributed by atoms with van der Waals surface area (Å²) in [5.74, 6) is 0.859. The van der Waals surface area contributed by atoms with E-state index in [1.807, 2.05) is 30.5 Å². The fourth-order valence-corrected chi connectivity index (χ4v) is 2.49. The third-order valence-corrected chi connectivity index (χ3v) is 3.59. The zero-order chi connectivity index (χ0) is 12.5. The Labute approximate surface area is 107 Å². The average Bonchev–Trinajstić information content (AvgIpc) is 3.02. The van der Waals surface area contributed by atoms with Crippen molar-refractivity contribution in [1.82, 2.24) is 10.3 Å². The number of para-hydroxylation sites is 1. The Kier molecular flexibility index (Phi) is 2.82. The summed E-state index contributed by atoms with van der Waals surface area (Å²) >= 11 is 0. The SMILES string of the molecule is CC(CC1CC1)NC(=O)c1cccc2cc[nH]c12. The molecule has 2 N–H and O–H groups in total. The van der Waals surface area contributed by atoms with Crippen LogP contribution in [0.2, 0.25) is 0 Å². The largest absolute Gasteiger partial charge is 0.361 e. The molecule has 1 aliphatic carbocycles. The second kappa shape index (κ2) is 4.48. The number of nitrogens with one attached hydrogen (secondary N) is 2. The molecule has 1 atom stereocenters. The molecule has 1 fully saturated rings. The van der Waals surface area contributed by atoms with E-state index in [2.05, 4.69) is 17.2 Å². The minimum absolute atomic E-state index is 0.0243. The molecule has 1 aromatic carbocycles. The Morgan fingerprint density at radius 1 is 1.44 bits per heavy atom. The molecule has 1 heterocycles. The lowest BCUT2D eigenvalue weighted by Gasteiger charge is -2.13. The normalized spacial score (nSPS) is 16.7. The monoisotopic (exact) mass is 242 g/mol. The maximum Gasteiger partial charge on any atom is 0.253 e. The summed E-state index contributed by atoms with van der Waals surface area (Å²) in [5.41, 5.74) is 1.66. The first kappa shape index (κ1) is 11.3. The Balaban J connectivity index is 1.76. The molecule has 0 bridgehead atoms. The summed E-state index contributed by atoms with van der Waals surface area (Å²) in [6, 6.07) is 8.06. The molecule has 3 nitrogen and oxygen atoms in total. The predicted molar refractivity (Wildman–Crippen MR) is 72.6 cm³/mol. The van der Waals surface area contributed by atoms with Crippen molar-refractivity contribution in [3.8, 4) is 0 Å². The van der Waals surface area contributed by atoms with Gasteiger partial charge in [-0.2, -0.15) is 0 Å². The fraction of sp³-hybridized carbons (Fsp3) is 0.400. The van der Waals surface area contributed by atoms with Gasteiger partial charge < -0.3 is 10.3 Å². The first-order valence-corrected chi connectivity index (χ1v) is 6.61. The number of aromatic nitrogens is 1. The van der Waals surface area contributed by atoms with Crippen molar-refractivity contribution in [2.45, 2.75) is 32.2 Å². The minimum atomic E-state index is 0.0243. The topological polar surface area (TPSA) is 44.9 Å². The number of rotatable bonds is 4. The van der Waals surface area contributed by atoms with E-state index in [-0.39, 0.29) is 11.9 Å². The molecule has 1 aliphatic rings. The molecular weight excluding hydrogens is 224 g/mol. The van der Waals surface area contributed by atoms with Crippen molar-refractivity contribution in [1.29, 1.82) is 0 Å². The fourth-order valence-electron chi connectivity index (χ4n) is 2.49. The molecule has 0 spiro atoms. The van der Waals surface area contributed by atoms with E-state index in [1.54, 1.807) is 0 Å². The maximum absolute atomic E-state index is 12.2. The predicted octanol–water partition coefficient (Wildman–Crippen LogP) is 3.09. The van der Waals surface area contributed by atoms with Crippen molar-refractivity contribution < 1.29 is 4.79 Å². The molecule has 2 aromatic rings. The molecule has 1 aromatic heterocycles. The number of fused-ring (bicyclic) bond motifs is 1. The average molecular weight is 242 g/mol. The summed E-state index contributed by atoms with van der Waals surface area (Å²) in [6.07, 6.45) is 5.63. The van der Waals surface area contributed by atoms with Crippen LogP contribution in [0, 0.1) is 5.92 Å². The van der Waals surface area contributed by atoms with Crippen LogP contribution in [0.5, 0.6) is 0 Å². The van der Waals surface area contributed by atoms with E-state index < -0.39 is 0 Å². The molecular formula is C15H18N2O. The van der Waals surface area contributed by atoms with Gasteiger partial charge in [-0.15, -0.1) is 0 Å². The molecule has 1 amide bonds. The van der Waals surface area contributed by atoms with E-state index in [9.17, 15) is 4.79 Å². The number of amides is 1. The molecule has 0 aliphatic heterocycles. The summed E-state index contributed by atoms with van der Waals surface area (Å²) in [7, 11) is 0. The Morgan fingerprint density at radius 2 is 2.28 bits per heavy atom. The van der Waals surface area contributed by atoms with Crippen LogP contribution in [-0.4, -0.2) is 16.9 Å². The van der Waals surface area contributed by atoms with Gasteiger partial charge in [0.2, 0.25) is 0 Å². The van der Waals surface area contributed by atoms with Gasteiger partial charge in [-0.05, 0) is 31.4 Å². The maximum atomic E-state index is 12.2. The van der Waals surface area contributed by atoms with Gasteiger partial charge in [-0.25, -0.2) is 0 Å². The van der Waals surface area contributed by atoms with Crippen molar-refractivity contribution in [3.05, 3.63) is 36.0 Å². The highest BCUT2D eigenvalue weighted by atomic mass is 16.1. The number of H-pyrrole nitrogens is 1. The molecule has 0 saturated heterocycles. The Bertz CT molecular complexity index is 569. The zero-order valence-electron chi connectivity index (χ0n) is 10.6. The minimum Gasteiger partial charge on any atom is -0.361 e. The van der Waals surface area contributed by atoms with Crippen molar-refractivity contribution in [2.24, 2.45) is 5.92 Å². The van der Waals surface area contributed by atoms with Crippen LogP contribution in [0.1, 0.15) is 36.5 Å². The summed E-state index contributed by atoms with van der Waals surface area (Å²) in [4.78, 5) is 15.4. The molecule has 1 unspecified atom stereocenters. The molecule has 3 rings (SSSR count). The van der Waals surface area contributed by atoms with Crippen molar-refractivity contribution >= 4 is 16.8 Å². The highest BCUT2D eigenvalue weighted by molar-refractivity contribution is 6.05. The summed E-state index contributed by atoms with van der Waals surface area (Å²) in [6.45, 7) is 2.09. The first-order valence-electron chi connectivity index (χ1n) is 6.61. The third-order valence-electron chi connectivity index (χ3n) is 3.59. The Morgan fingerprint density at radius 3 is 3.06 bits per heavy atom. The van der Waals surface area contributed by atoms with Gasteiger partial charge in [-0.3, -0.25) is 4.79 Å². The lowest BCUT2D eigenvalue weighted by molar-refractivity contribution is 0.0939. The summed E-state index contributed by atoms with van der Waals surface area (Å²) < 4.78 is 0. The van der Waals surface area contributed by atoms with Crippen LogP contribution >= 0.6 is 0 Å². The smallest absolute Gasteiger partial charge is 0.253 e. The quantitative estimate of drug-likeness (QED) is 0.850. The van der Waals surface area contributed by atoms with Crippen molar-refractivity contribution in [3.63, 3.8) is 0 Å². The van der Waals surface area contributed by atoms with E-state index in [0.717, 1.165) is 28.8 Å². The first-order chi connectivity index (χ1) is 8.74. The van der Waals surface area contributed by atoms with Gasteiger partial charge in [0, 0.05) is 17.6 Å². The molecule has 94 valence electrons. The molecule has 0 radical (unpaired) electrons. The van der Waals surface area contributed by atoms with Gasteiger partial charge >= 0.3 is 0 Å². The zero-order valence-corrected chi connectivity index (χ0v) is 10.6. The standard InChI is InChI=1S/C15H18N2O/c1-10(9-11-5-6-11)17-15(18)13-4-2-3-12-7-8-16-14(12)13/h2-4,7-8,10-11,16H,5-6,9H2,1H3,(H,17,18). The number of benzene rings is 1. The lowest BCUT2D eigenvalue weighted by Crippen LogP contribution is -2.33. The number of carbonyl (C=O) groups is 1. The van der Waals surface area contributed by atoms with E-state index >= 15 is 0 Å². The van der Waals surface area contributed by atoms with Gasteiger partial charge in [0.15, 0.2) is 0 Å². The van der Waals surface area contributed by atoms with E-state index in [0.29, 0.717) is 0 Å². The molecule has 1 saturated carbocycles. The third kappa shape index (κ3) is 2.26. The van der Waals surface area contributed by atoms with Crippen LogP contribution < -0.4 is 5.32 Å². The number of hydrogen-bond donors (Lipinski definition) is 2. The van der Waals surface area contributed by atoms with Gasteiger partial charge in [0.25, 0.3) is 5.91 Å². The Hall–Kier alpha value is -1.77. The van der Waals surface area contributed by atoms with Gasteiger partial charge in [-0.1, -0.05) is 25.0 Å². The van der Waals surface area contributed by atoms with Crippen molar-refractivity contribution in [2.75, 3.05) is 0 Å². The van der Waals surface area contributed by atoms with Crippen LogP contribution in [0.4, 0.5) is 0 Å². The number of aromatic amines is 1. The number of carbonyl (C=O) groups excluding carboxylic acids is 1. The second-order valence-corrected chi connectivity index (χ2v) is 5.30. The van der Waals surface area contributed by atoms with Gasteiger partial charge in [0.05, 0.1) is 11.1 Å². The van der Waals surface area contributed by atoms with Crippen LogP contribution in [0.3, 0.4) is 0 Å². The van der Waals surface area contributed by atoms with Gasteiger partial charge in [0.1, 0.15) is 0 Å². The summed E-state index contributed by atoms with van der Waals surface area (Å²) in [5, 5.41) is 4.17. The van der Waals surface area contributed by atoms with Crippen LogP contribution in [0.25, 0.3) is 10.9 Å². The van der Waals surface area contributed by atoms with Crippen LogP contribution in [-0.2, 0) is 0 Å². The molecule has 3 heteroatoms.